The summed E-state index contributed by atoms with van der Waals surface area (Å²) in [6.45, 7) is 1.62. The Morgan fingerprint density at radius 1 is 1.29 bits per heavy atom. The van der Waals surface area contributed by atoms with Crippen LogP contribution in [0.1, 0.15) is 5.56 Å². The van der Waals surface area contributed by atoms with Gasteiger partial charge < -0.3 is 11.1 Å². The summed E-state index contributed by atoms with van der Waals surface area (Å²) in [5.41, 5.74) is 7.96. The zero-order chi connectivity index (χ0) is 9.97. The molecule has 74 valence electrons. The van der Waals surface area contributed by atoms with Crippen LogP contribution in [0, 0.1) is 5.82 Å². The molecule has 3 N–H and O–H groups in total. The lowest BCUT2D eigenvalue weighted by Gasteiger charge is -2.19. The molecule has 1 aromatic carbocycles. The third kappa shape index (κ3) is 2.00. The van der Waals surface area contributed by atoms with Gasteiger partial charge >= 0.3 is 0 Å². The minimum Gasteiger partial charge on any atom is -0.323 e. The molecule has 1 heterocycles. The van der Waals surface area contributed by atoms with Crippen molar-refractivity contribution in [2.75, 3.05) is 13.1 Å². The van der Waals surface area contributed by atoms with Crippen LogP contribution in [-0.4, -0.2) is 19.1 Å². The SMILES string of the molecule is NC1C=C(c2ccc(F)cc2)CNC1. The molecule has 2 rings (SSSR count). The lowest BCUT2D eigenvalue weighted by atomic mass is 10.0. The third-order valence-corrected chi connectivity index (χ3v) is 2.33. The van der Waals surface area contributed by atoms with Gasteiger partial charge in [0, 0.05) is 19.1 Å². The van der Waals surface area contributed by atoms with Gasteiger partial charge in [0.15, 0.2) is 0 Å². The van der Waals surface area contributed by atoms with Crippen molar-refractivity contribution in [3.8, 4) is 0 Å². The summed E-state index contributed by atoms with van der Waals surface area (Å²) >= 11 is 0. The van der Waals surface area contributed by atoms with Gasteiger partial charge in [-0.3, -0.25) is 0 Å². The summed E-state index contributed by atoms with van der Waals surface area (Å²) in [6, 6.07) is 6.55. The van der Waals surface area contributed by atoms with Crippen molar-refractivity contribution >= 4 is 5.57 Å². The average Bonchev–Trinajstić information content (AvgIpc) is 2.19. The normalized spacial score (nSPS) is 21.9. The zero-order valence-corrected chi connectivity index (χ0v) is 7.83. The summed E-state index contributed by atoms with van der Waals surface area (Å²) in [7, 11) is 0. The van der Waals surface area contributed by atoms with Crippen molar-refractivity contribution in [1.29, 1.82) is 0 Å². The fraction of sp³-hybridized carbons (Fsp3) is 0.273. The number of rotatable bonds is 1. The smallest absolute Gasteiger partial charge is 0.123 e. The number of halogens is 1. The van der Waals surface area contributed by atoms with Crippen LogP contribution < -0.4 is 11.1 Å². The quantitative estimate of drug-likeness (QED) is 0.700. The maximum Gasteiger partial charge on any atom is 0.123 e. The van der Waals surface area contributed by atoms with Crippen LogP contribution in [0.5, 0.6) is 0 Å². The van der Waals surface area contributed by atoms with Crippen LogP contribution in [0.3, 0.4) is 0 Å². The molecule has 0 saturated carbocycles. The van der Waals surface area contributed by atoms with Gasteiger partial charge in [0.25, 0.3) is 0 Å². The molecule has 1 aliphatic heterocycles. The van der Waals surface area contributed by atoms with E-state index in [2.05, 4.69) is 5.32 Å². The topological polar surface area (TPSA) is 38.0 Å². The molecular formula is C11H13FN2. The number of nitrogens with two attached hydrogens (primary N) is 1. The van der Waals surface area contributed by atoms with Crippen molar-refractivity contribution in [2.24, 2.45) is 5.73 Å². The van der Waals surface area contributed by atoms with E-state index in [4.69, 9.17) is 5.73 Å². The molecule has 1 aliphatic rings. The fourth-order valence-corrected chi connectivity index (χ4v) is 1.61. The van der Waals surface area contributed by atoms with E-state index in [0.29, 0.717) is 0 Å². The molecule has 0 fully saturated rings. The maximum absolute atomic E-state index is 12.7. The summed E-state index contributed by atoms with van der Waals surface area (Å²) < 4.78 is 12.7. The molecule has 14 heavy (non-hydrogen) atoms. The van der Waals surface area contributed by atoms with Crippen molar-refractivity contribution in [3.63, 3.8) is 0 Å². The second kappa shape index (κ2) is 3.90. The van der Waals surface area contributed by atoms with Gasteiger partial charge in [-0.1, -0.05) is 18.2 Å². The summed E-state index contributed by atoms with van der Waals surface area (Å²) in [5, 5.41) is 3.21. The fourth-order valence-electron chi connectivity index (χ4n) is 1.61. The Morgan fingerprint density at radius 3 is 2.64 bits per heavy atom. The number of hydrogen-bond donors (Lipinski definition) is 2. The Morgan fingerprint density at radius 2 is 2.00 bits per heavy atom. The van der Waals surface area contributed by atoms with Crippen molar-refractivity contribution in [3.05, 3.63) is 41.7 Å². The number of benzene rings is 1. The highest BCUT2D eigenvalue weighted by Crippen LogP contribution is 2.16. The maximum atomic E-state index is 12.7. The predicted octanol–water partition coefficient (Wildman–Crippen LogP) is 1.14. The van der Waals surface area contributed by atoms with Gasteiger partial charge in [-0.2, -0.15) is 0 Å². The molecule has 0 spiro atoms. The first-order valence-corrected chi connectivity index (χ1v) is 4.68. The molecule has 1 aromatic rings. The molecule has 2 nitrogen and oxygen atoms in total. The number of hydrogen-bond acceptors (Lipinski definition) is 2. The highest BCUT2D eigenvalue weighted by atomic mass is 19.1. The van der Waals surface area contributed by atoms with Crippen LogP contribution in [0.15, 0.2) is 30.3 Å². The molecular weight excluding hydrogens is 179 g/mol. The highest BCUT2D eigenvalue weighted by molar-refractivity contribution is 5.68. The first-order chi connectivity index (χ1) is 6.75. The Kier molecular flexibility index (Phi) is 2.61. The van der Waals surface area contributed by atoms with E-state index >= 15 is 0 Å². The van der Waals surface area contributed by atoms with Crippen LogP contribution in [-0.2, 0) is 0 Å². The molecule has 0 radical (unpaired) electrons. The minimum atomic E-state index is -0.206. The van der Waals surface area contributed by atoms with Gasteiger partial charge in [-0.15, -0.1) is 0 Å². The van der Waals surface area contributed by atoms with Crippen molar-refractivity contribution in [1.82, 2.24) is 5.32 Å². The highest BCUT2D eigenvalue weighted by Gasteiger charge is 2.10. The minimum absolute atomic E-state index is 0.0591. The van der Waals surface area contributed by atoms with Gasteiger partial charge in [-0.05, 0) is 23.3 Å². The van der Waals surface area contributed by atoms with E-state index in [0.717, 1.165) is 24.2 Å². The summed E-state index contributed by atoms with van der Waals surface area (Å²) in [4.78, 5) is 0. The Balaban J connectivity index is 2.26. The first-order valence-electron chi connectivity index (χ1n) is 4.68. The average molecular weight is 192 g/mol. The van der Waals surface area contributed by atoms with Crippen LogP contribution in [0.4, 0.5) is 4.39 Å². The predicted molar refractivity (Wildman–Crippen MR) is 55.2 cm³/mol. The lowest BCUT2D eigenvalue weighted by Crippen LogP contribution is -2.37. The summed E-state index contributed by atoms with van der Waals surface area (Å²) in [5.74, 6) is -0.206. The van der Waals surface area contributed by atoms with Crippen molar-refractivity contribution < 1.29 is 4.39 Å². The first kappa shape index (κ1) is 9.37. The summed E-state index contributed by atoms with van der Waals surface area (Å²) in [6.07, 6.45) is 2.03. The molecule has 0 saturated heterocycles. The van der Waals surface area contributed by atoms with E-state index < -0.39 is 0 Å². The second-order valence-electron chi connectivity index (χ2n) is 3.49. The van der Waals surface area contributed by atoms with Crippen LogP contribution in [0.25, 0.3) is 5.57 Å². The standard InChI is InChI=1S/C11H13FN2/c12-10-3-1-8(2-4-10)9-5-11(13)7-14-6-9/h1-5,11,14H,6-7,13H2. The Bertz CT molecular complexity index is 343. The van der Waals surface area contributed by atoms with Gasteiger partial charge in [0.05, 0.1) is 0 Å². The molecule has 0 bridgehead atoms. The van der Waals surface area contributed by atoms with E-state index in [-0.39, 0.29) is 11.9 Å². The second-order valence-corrected chi connectivity index (χ2v) is 3.49. The van der Waals surface area contributed by atoms with Gasteiger partial charge in [0.1, 0.15) is 5.82 Å². The number of nitrogens with one attached hydrogen (secondary N) is 1. The van der Waals surface area contributed by atoms with E-state index in [1.165, 1.54) is 12.1 Å². The van der Waals surface area contributed by atoms with Gasteiger partial charge in [0.2, 0.25) is 0 Å². The van der Waals surface area contributed by atoms with Gasteiger partial charge in [-0.25, -0.2) is 4.39 Å². The van der Waals surface area contributed by atoms with E-state index in [9.17, 15) is 4.39 Å². The van der Waals surface area contributed by atoms with E-state index in [1.54, 1.807) is 12.1 Å². The molecule has 0 aromatic heterocycles. The third-order valence-electron chi connectivity index (χ3n) is 2.33. The Hall–Kier alpha value is -1.19. The zero-order valence-electron chi connectivity index (χ0n) is 7.83. The van der Waals surface area contributed by atoms with E-state index in [1.807, 2.05) is 6.08 Å². The largest absolute Gasteiger partial charge is 0.323 e. The lowest BCUT2D eigenvalue weighted by molar-refractivity contribution is 0.627. The van der Waals surface area contributed by atoms with Crippen LogP contribution >= 0.6 is 0 Å². The molecule has 1 atom stereocenters. The molecule has 3 heteroatoms. The Labute approximate surface area is 82.6 Å². The van der Waals surface area contributed by atoms with Crippen molar-refractivity contribution in [2.45, 2.75) is 6.04 Å². The molecule has 0 amide bonds. The molecule has 0 aliphatic carbocycles. The van der Waals surface area contributed by atoms with Crippen LogP contribution in [0.2, 0.25) is 0 Å². The molecule has 1 unspecified atom stereocenters. The monoisotopic (exact) mass is 192 g/mol.